The van der Waals surface area contributed by atoms with Crippen molar-refractivity contribution >= 4 is 5.91 Å². The minimum atomic E-state index is -0.347. The molecule has 16 heavy (non-hydrogen) atoms. The average Bonchev–Trinajstić information content (AvgIpc) is 2.35. The maximum absolute atomic E-state index is 11.7. The number of hydrogen-bond donors (Lipinski definition) is 0. The molecule has 0 spiro atoms. The number of carbonyl (C=O) groups is 1. The molecule has 1 aliphatic heterocycles. The zero-order valence-corrected chi connectivity index (χ0v) is 10.1. The topological polar surface area (TPSA) is 53.3 Å². The van der Waals surface area contributed by atoms with Gasteiger partial charge in [-0.2, -0.15) is 5.26 Å². The van der Waals surface area contributed by atoms with Crippen molar-refractivity contribution in [3.63, 3.8) is 0 Å². The molecule has 4 nitrogen and oxygen atoms in total. The highest BCUT2D eigenvalue weighted by molar-refractivity contribution is 5.76. The van der Waals surface area contributed by atoms with E-state index < -0.39 is 0 Å². The highest BCUT2D eigenvalue weighted by Crippen LogP contribution is 2.17. The van der Waals surface area contributed by atoms with Gasteiger partial charge in [-0.1, -0.05) is 0 Å². The lowest BCUT2D eigenvalue weighted by molar-refractivity contribution is -0.131. The van der Waals surface area contributed by atoms with E-state index in [4.69, 9.17) is 10.00 Å². The third kappa shape index (κ3) is 3.82. The van der Waals surface area contributed by atoms with Crippen molar-refractivity contribution in [2.24, 2.45) is 0 Å². The van der Waals surface area contributed by atoms with Crippen LogP contribution in [0.25, 0.3) is 0 Å². The minimum absolute atomic E-state index is 0.0308. The van der Waals surface area contributed by atoms with Gasteiger partial charge >= 0.3 is 0 Å². The molecule has 0 aromatic heterocycles. The van der Waals surface area contributed by atoms with Crippen LogP contribution in [-0.4, -0.2) is 36.6 Å². The van der Waals surface area contributed by atoms with Gasteiger partial charge in [-0.25, -0.2) is 0 Å². The van der Waals surface area contributed by atoms with E-state index in [1.54, 1.807) is 14.0 Å². The van der Waals surface area contributed by atoms with Crippen LogP contribution >= 0.6 is 0 Å². The average molecular weight is 224 g/mol. The van der Waals surface area contributed by atoms with Gasteiger partial charge in [-0.05, 0) is 32.6 Å². The summed E-state index contributed by atoms with van der Waals surface area (Å²) in [4.78, 5) is 13.2. The minimum Gasteiger partial charge on any atom is -0.378 e. The highest BCUT2D eigenvalue weighted by Gasteiger charge is 2.19. The van der Waals surface area contributed by atoms with E-state index in [0.717, 1.165) is 25.9 Å². The molecule has 0 N–H and O–H groups in total. The lowest BCUT2D eigenvalue weighted by atomic mass is 10.0. The maximum Gasteiger partial charge on any atom is 0.223 e. The molecule has 1 aliphatic rings. The Morgan fingerprint density at radius 1 is 1.62 bits per heavy atom. The summed E-state index contributed by atoms with van der Waals surface area (Å²) in [6.45, 7) is 2.55. The molecule has 0 aliphatic carbocycles. The first-order valence-corrected chi connectivity index (χ1v) is 5.92. The number of hydrogen-bond acceptors (Lipinski definition) is 3. The Kier molecular flexibility index (Phi) is 5.27. The van der Waals surface area contributed by atoms with Gasteiger partial charge in [0.1, 0.15) is 6.04 Å². The molecule has 1 saturated heterocycles. The van der Waals surface area contributed by atoms with Crippen LogP contribution in [0.4, 0.5) is 0 Å². The molecule has 1 fully saturated rings. The Balaban J connectivity index is 2.26. The summed E-state index contributed by atoms with van der Waals surface area (Å²) in [5.74, 6) is 0.0308. The summed E-state index contributed by atoms with van der Waals surface area (Å²) in [6, 6.07) is 1.71. The Labute approximate surface area is 97.2 Å². The van der Waals surface area contributed by atoms with Gasteiger partial charge in [0, 0.05) is 20.1 Å². The van der Waals surface area contributed by atoms with Crippen molar-refractivity contribution in [3.05, 3.63) is 0 Å². The van der Waals surface area contributed by atoms with Gasteiger partial charge < -0.3 is 9.64 Å². The first kappa shape index (κ1) is 13.0. The molecule has 1 rings (SSSR count). The zero-order chi connectivity index (χ0) is 12.0. The highest BCUT2D eigenvalue weighted by atomic mass is 16.5. The van der Waals surface area contributed by atoms with E-state index in [0.29, 0.717) is 6.42 Å². The molecule has 0 bridgehead atoms. The van der Waals surface area contributed by atoms with Crippen molar-refractivity contribution in [2.45, 2.75) is 51.2 Å². The van der Waals surface area contributed by atoms with Crippen molar-refractivity contribution in [1.82, 2.24) is 4.90 Å². The molecule has 0 aromatic rings. The largest absolute Gasteiger partial charge is 0.378 e. The molecule has 90 valence electrons. The summed E-state index contributed by atoms with van der Waals surface area (Å²) in [5, 5.41) is 8.70. The van der Waals surface area contributed by atoms with E-state index in [9.17, 15) is 4.79 Å². The van der Waals surface area contributed by atoms with E-state index in [1.165, 1.54) is 11.3 Å². The van der Waals surface area contributed by atoms with Gasteiger partial charge in [0.2, 0.25) is 5.91 Å². The summed E-state index contributed by atoms with van der Waals surface area (Å²) < 4.78 is 5.56. The number of nitrogens with zero attached hydrogens (tertiary/aromatic N) is 2. The third-order valence-corrected chi connectivity index (χ3v) is 3.12. The second-order valence-corrected chi connectivity index (χ2v) is 4.34. The number of carbonyl (C=O) groups excluding carboxylic acids is 1. The second-order valence-electron chi connectivity index (χ2n) is 4.34. The van der Waals surface area contributed by atoms with Crippen molar-refractivity contribution in [2.75, 3.05) is 13.7 Å². The molecular formula is C12H20N2O2. The fourth-order valence-corrected chi connectivity index (χ4v) is 1.80. The Hall–Kier alpha value is -1.08. The normalized spacial score (nSPS) is 22.2. The smallest absolute Gasteiger partial charge is 0.223 e. The molecule has 0 radical (unpaired) electrons. The number of amides is 1. The quantitative estimate of drug-likeness (QED) is 0.730. The summed E-state index contributed by atoms with van der Waals surface area (Å²) in [6.07, 6.45) is 4.89. The monoisotopic (exact) mass is 224 g/mol. The predicted octanol–water partition coefficient (Wildman–Crippen LogP) is 1.71. The predicted molar refractivity (Wildman–Crippen MR) is 60.7 cm³/mol. The Morgan fingerprint density at radius 3 is 2.94 bits per heavy atom. The van der Waals surface area contributed by atoms with Crippen LogP contribution in [-0.2, 0) is 9.53 Å². The van der Waals surface area contributed by atoms with Gasteiger partial charge in [-0.3, -0.25) is 4.79 Å². The van der Waals surface area contributed by atoms with Crippen LogP contribution in [0.15, 0.2) is 0 Å². The van der Waals surface area contributed by atoms with Crippen molar-refractivity contribution in [1.29, 1.82) is 5.26 Å². The number of rotatable bonds is 4. The maximum atomic E-state index is 11.7. The van der Waals surface area contributed by atoms with Crippen molar-refractivity contribution < 1.29 is 9.53 Å². The van der Waals surface area contributed by atoms with Crippen LogP contribution < -0.4 is 0 Å². The summed E-state index contributed by atoms with van der Waals surface area (Å²) >= 11 is 0. The Morgan fingerprint density at radius 2 is 2.38 bits per heavy atom. The van der Waals surface area contributed by atoms with Gasteiger partial charge in [-0.15, -0.1) is 0 Å². The molecule has 4 heteroatoms. The molecule has 2 atom stereocenters. The molecule has 1 heterocycles. The van der Waals surface area contributed by atoms with Crippen LogP contribution in [0.1, 0.15) is 39.0 Å². The third-order valence-electron chi connectivity index (χ3n) is 3.12. The van der Waals surface area contributed by atoms with Crippen LogP contribution in [0.5, 0.6) is 0 Å². The van der Waals surface area contributed by atoms with Gasteiger partial charge in [0.25, 0.3) is 0 Å². The SMILES string of the molecule is CC(C#N)N(C)C(=O)CCC1CCCCO1. The number of ether oxygens (including phenoxy) is 1. The fraction of sp³-hybridized carbons (Fsp3) is 0.833. The van der Waals surface area contributed by atoms with Gasteiger partial charge in [0.05, 0.1) is 12.2 Å². The first-order chi connectivity index (χ1) is 7.65. The van der Waals surface area contributed by atoms with E-state index in [-0.39, 0.29) is 18.1 Å². The van der Waals surface area contributed by atoms with Crippen LogP contribution in [0, 0.1) is 11.3 Å². The Bertz CT molecular complexity index is 267. The fourth-order valence-electron chi connectivity index (χ4n) is 1.80. The molecular weight excluding hydrogens is 204 g/mol. The molecule has 1 amide bonds. The van der Waals surface area contributed by atoms with Crippen LogP contribution in [0.2, 0.25) is 0 Å². The first-order valence-electron chi connectivity index (χ1n) is 5.92. The zero-order valence-electron chi connectivity index (χ0n) is 10.1. The number of nitriles is 1. The molecule has 0 aromatic carbocycles. The lowest BCUT2D eigenvalue weighted by Gasteiger charge is -2.24. The lowest BCUT2D eigenvalue weighted by Crippen LogP contribution is -2.34. The second kappa shape index (κ2) is 6.49. The van der Waals surface area contributed by atoms with E-state index >= 15 is 0 Å². The summed E-state index contributed by atoms with van der Waals surface area (Å²) in [7, 11) is 1.68. The van der Waals surface area contributed by atoms with Crippen LogP contribution in [0.3, 0.4) is 0 Å². The van der Waals surface area contributed by atoms with Gasteiger partial charge in [0.15, 0.2) is 0 Å². The standard InChI is InChI=1S/C12H20N2O2/c1-10(9-13)14(2)12(15)7-6-11-5-3-4-8-16-11/h10-11H,3-8H2,1-2H3. The van der Waals surface area contributed by atoms with E-state index in [1.807, 2.05) is 0 Å². The summed E-state index contributed by atoms with van der Waals surface area (Å²) in [5.41, 5.74) is 0. The molecule has 2 unspecified atom stereocenters. The molecule has 0 saturated carbocycles. The van der Waals surface area contributed by atoms with E-state index in [2.05, 4.69) is 6.07 Å². The van der Waals surface area contributed by atoms with Crippen molar-refractivity contribution in [3.8, 4) is 6.07 Å².